The van der Waals surface area contributed by atoms with E-state index in [1.165, 1.54) is 40.8 Å². The molecule has 1 saturated carbocycles. The SMILES string of the molecule is Cc1ncsc1-c1ccc(CNC(=O)[C@@H]2C[C@@H](O)CN2C(=O)[C@@H](NC(=O)C2(F)CC2)C(C)(C)C)c(OCCCCCCC(=O)N2CCN(c3ncc(-c4cc(NC(=O)c5ccc(F)cc5C(F)(F)F)c(N5C[C@@H](C)N(C)[C@@H](C)C5)cc4F)cn3)CC2)c1. The fourth-order valence-corrected chi connectivity index (χ4v) is 12.1. The minimum absolute atomic E-state index is 0.00844. The van der Waals surface area contributed by atoms with Crippen LogP contribution in [-0.2, 0) is 31.9 Å². The molecule has 9 rings (SSSR count). The maximum atomic E-state index is 16.3. The van der Waals surface area contributed by atoms with Gasteiger partial charge in [-0.1, -0.05) is 45.7 Å². The summed E-state index contributed by atoms with van der Waals surface area (Å²) in [6.45, 7) is 14.0. The van der Waals surface area contributed by atoms with Gasteiger partial charge < -0.3 is 45.4 Å². The molecule has 0 radical (unpaired) electrons. The zero-order chi connectivity index (χ0) is 62.7. The average Bonchev–Trinajstić information content (AvgIpc) is 2.53. The number of amides is 5. The summed E-state index contributed by atoms with van der Waals surface area (Å²) in [6.07, 6.45) is 0.233. The molecule has 4 fully saturated rings. The Bertz CT molecular complexity index is 3320. The summed E-state index contributed by atoms with van der Waals surface area (Å²) in [6, 6.07) is 7.95. The molecule has 5 heterocycles. The van der Waals surface area contributed by atoms with Crippen LogP contribution >= 0.6 is 11.3 Å². The van der Waals surface area contributed by atoms with Crippen LogP contribution in [0.5, 0.6) is 5.75 Å². The van der Waals surface area contributed by atoms with Gasteiger partial charge in [0.15, 0.2) is 5.67 Å². The molecule has 4 aliphatic rings. The number of rotatable bonds is 20. The number of thiazole rings is 1. The Hall–Kier alpha value is -7.38. The largest absolute Gasteiger partial charge is 0.493 e. The Morgan fingerprint density at radius 1 is 0.851 bits per heavy atom. The second kappa shape index (κ2) is 26.5. The monoisotopic (exact) mass is 1230 g/mol. The lowest BCUT2D eigenvalue weighted by Crippen LogP contribution is -2.59. The van der Waals surface area contributed by atoms with Crippen LogP contribution in [0.25, 0.3) is 21.6 Å². The number of carbonyl (C=O) groups is 5. The topological polar surface area (TPSA) is 206 Å². The molecular weight excluding hydrogens is 1160 g/mol. The Kier molecular flexibility index (Phi) is 19.5. The molecule has 3 aliphatic heterocycles. The van der Waals surface area contributed by atoms with Crippen molar-refractivity contribution in [1.29, 1.82) is 0 Å². The minimum atomic E-state index is -5.03. The average molecular weight is 1230 g/mol. The molecular formula is C62H75F6N11O7S. The third-order valence-electron chi connectivity index (χ3n) is 16.8. The highest BCUT2D eigenvalue weighted by atomic mass is 32.1. The van der Waals surface area contributed by atoms with Crippen molar-refractivity contribution < 1.29 is 60.2 Å². The molecule has 3 saturated heterocycles. The summed E-state index contributed by atoms with van der Waals surface area (Å²) >= 11 is 1.49. The number of hydrogen-bond donors (Lipinski definition) is 4. The van der Waals surface area contributed by atoms with Crippen molar-refractivity contribution in [2.45, 2.75) is 142 Å². The van der Waals surface area contributed by atoms with E-state index in [0.29, 0.717) is 82.4 Å². The summed E-state index contributed by atoms with van der Waals surface area (Å²) in [4.78, 5) is 91.0. The van der Waals surface area contributed by atoms with E-state index in [4.69, 9.17) is 4.74 Å². The van der Waals surface area contributed by atoms with Gasteiger partial charge in [0.2, 0.25) is 23.7 Å². The Labute approximate surface area is 506 Å². The second-order valence-electron chi connectivity index (χ2n) is 24.4. The van der Waals surface area contributed by atoms with Crippen LogP contribution in [0, 0.1) is 24.0 Å². The molecule has 25 heteroatoms. The van der Waals surface area contributed by atoms with E-state index < -0.39 is 81.8 Å². The first-order chi connectivity index (χ1) is 41.2. The number of aryl methyl sites for hydroxylation is 1. The van der Waals surface area contributed by atoms with Crippen molar-refractivity contribution in [2.75, 3.05) is 74.6 Å². The first kappa shape index (κ1) is 64.1. The fraction of sp³-hybridized carbons (Fsp3) is 0.516. The number of hydrogen-bond acceptors (Lipinski definition) is 14. The number of nitrogens with one attached hydrogen (secondary N) is 3. The van der Waals surface area contributed by atoms with Gasteiger partial charge in [0, 0.05) is 106 Å². The molecule has 2 aromatic heterocycles. The number of carbonyl (C=O) groups excluding carboxylic acids is 5. The number of benzene rings is 3. The third kappa shape index (κ3) is 15.1. The van der Waals surface area contributed by atoms with E-state index in [1.807, 2.05) is 55.8 Å². The van der Waals surface area contributed by atoms with Gasteiger partial charge in [-0.05, 0) is 101 Å². The van der Waals surface area contributed by atoms with E-state index in [1.54, 1.807) is 31.2 Å². The van der Waals surface area contributed by atoms with Crippen LogP contribution in [0.15, 0.2) is 66.4 Å². The molecule has 5 amide bonds. The summed E-state index contributed by atoms with van der Waals surface area (Å²) in [7, 11) is 1.96. The highest BCUT2D eigenvalue weighted by Gasteiger charge is 2.53. The van der Waals surface area contributed by atoms with Gasteiger partial charge in [-0.2, -0.15) is 13.2 Å². The number of nitrogens with zero attached hydrogens (tertiary/aromatic N) is 8. The van der Waals surface area contributed by atoms with Gasteiger partial charge in [-0.3, -0.25) is 28.9 Å². The van der Waals surface area contributed by atoms with Gasteiger partial charge in [0.25, 0.3) is 11.8 Å². The van der Waals surface area contributed by atoms with Crippen LogP contribution in [-0.4, -0.2) is 160 Å². The van der Waals surface area contributed by atoms with Crippen molar-refractivity contribution in [2.24, 2.45) is 5.41 Å². The van der Waals surface area contributed by atoms with Gasteiger partial charge in [0.05, 0.1) is 51.3 Å². The molecule has 4 N–H and O–H groups in total. The van der Waals surface area contributed by atoms with Crippen molar-refractivity contribution in [3.8, 4) is 27.3 Å². The summed E-state index contributed by atoms with van der Waals surface area (Å²) in [5.74, 6) is -3.99. The number of anilines is 3. The molecule has 468 valence electrons. The Morgan fingerprint density at radius 2 is 1.54 bits per heavy atom. The van der Waals surface area contributed by atoms with Crippen molar-refractivity contribution in [3.05, 3.63) is 100 Å². The van der Waals surface area contributed by atoms with E-state index in [0.717, 1.165) is 41.1 Å². The zero-order valence-corrected chi connectivity index (χ0v) is 50.7. The molecule has 87 heavy (non-hydrogen) atoms. The first-order valence-corrected chi connectivity index (χ1v) is 30.3. The number of β-amino-alcohol motifs (C(OH)–C–C–N with tert-alkyl or cyclic N) is 1. The maximum Gasteiger partial charge on any atom is 0.417 e. The number of alkyl halides is 4. The van der Waals surface area contributed by atoms with Gasteiger partial charge in [-0.15, -0.1) is 11.3 Å². The number of likely N-dealkylation sites (N-methyl/N-ethyl adjacent to an activating group) is 1. The molecule has 0 bridgehead atoms. The lowest BCUT2D eigenvalue weighted by molar-refractivity contribution is -0.145. The maximum absolute atomic E-state index is 16.3. The molecule has 0 unspecified atom stereocenters. The van der Waals surface area contributed by atoms with Crippen LogP contribution in [0.3, 0.4) is 0 Å². The number of ether oxygens (including phenoxy) is 1. The van der Waals surface area contributed by atoms with Crippen molar-refractivity contribution in [3.63, 3.8) is 0 Å². The number of unbranched alkanes of at least 4 members (excludes halogenated alkanes) is 3. The van der Waals surface area contributed by atoms with Crippen molar-refractivity contribution in [1.82, 2.24) is 40.3 Å². The highest BCUT2D eigenvalue weighted by molar-refractivity contribution is 7.13. The van der Waals surface area contributed by atoms with E-state index in [2.05, 4.69) is 35.8 Å². The number of likely N-dealkylation sites (tertiary alicyclic amines) is 1. The number of aliphatic hydroxyl groups is 1. The zero-order valence-electron chi connectivity index (χ0n) is 49.9. The summed E-state index contributed by atoms with van der Waals surface area (Å²) < 4.78 is 93.4. The van der Waals surface area contributed by atoms with Crippen LogP contribution in [0.1, 0.15) is 113 Å². The van der Waals surface area contributed by atoms with Crippen molar-refractivity contribution >= 4 is 58.2 Å². The lowest BCUT2D eigenvalue weighted by atomic mass is 9.85. The summed E-state index contributed by atoms with van der Waals surface area (Å²) in [5, 5.41) is 18.8. The quantitative estimate of drug-likeness (QED) is 0.0425. The van der Waals surface area contributed by atoms with Gasteiger partial charge in [-0.25, -0.2) is 28.1 Å². The van der Waals surface area contributed by atoms with Gasteiger partial charge >= 0.3 is 6.18 Å². The third-order valence-corrected chi connectivity index (χ3v) is 17.8. The number of piperazine rings is 2. The number of halogens is 6. The lowest BCUT2D eigenvalue weighted by Gasteiger charge is -2.44. The van der Waals surface area contributed by atoms with E-state index in [-0.39, 0.29) is 78.9 Å². The number of aliphatic hydroxyl groups excluding tert-OH is 1. The standard InChI is InChI=1S/C62H75F6N11O7S/c1-36-32-78(33-37(2)75(36)7)49-28-47(64)45(27-48(49)73-55(82)44-16-15-42(63)25-46(44)62(66,67)68)41-30-70-59(71-31-41)77-21-19-76(20-22-77)52(81)12-10-8-9-11-23-86-51-24-39(53-38(3)72-35-87-53)13-14-40(51)29-69-56(83)50-26-43(80)34-79(50)57(84)54(60(4,5)6)74-58(85)61(65)17-18-61/h13-16,24-25,27-28,30-31,35-37,43,50,54,80H,8-12,17-23,26,29,32-34H2,1-7H3,(H,69,83)(H,73,82)(H,74,85)/t36-,37+,43-,50+,54-/m1/s1. The molecule has 5 aromatic rings. The van der Waals surface area contributed by atoms with Crippen LogP contribution in [0.2, 0.25) is 0 Å². The van der Waals surface area contributed by atoms with E-state index in [9.17, 15) is 51.0 Å². The molecule has 0 spiro atoms. The van der Waals surface area contributed by atoms with Crippen LogP contribution in [0.4, 0.5) is 43.7 Å². The normalized spacial score (nSPS) is 20.1. The van der Waals surface area contributed by atoms with Crippen LogP contribution < -0.4 is 30.5 Å². The van der Waals surface area contributed by atoms with Gasteiger partial charge in [0.1, 0.15) is 29.5 Å². The predicted octanol–water partition coefficient (Wildman–Crippen LogP) is 8.94. The Balaban J connectivity index is 0.759. The highest BCUT2D eigenvalue weighted by Crippen LogP contribution is 2.42. The molecule has 5 atom stereocenters. The molecule has 18 nitrogen and oxygen atoms in total. The fourth-order valence-electron chi connectivity index (χ4n) is 11.3. The smallest absolute Gasteiger partial charge is 0.417 e. The summed E-state index contributed by atoms with van der Waals surface area (Å²) in [5.41, 5.74) is -0.333. The second-order valence-corrected chi connectivity index (χ2v) is 25.2. The first-order valence-electron chi connectivity index (χ1n) is 29.4. The van der Waals surface area contributed by atoms with E-state index >= 15 is 4.39 Å². The number of aromatic nitrogens is 3. The molecule has 3 aromatic carbocycles. The Morgan fingerprint density at radius 3 is 2.18 bits per heavy atom. The molecule has 1 aliphatic carbocycles. The minimum Gasteiger partial charge on any atom is -0.493 e. The predicted molar refractivity (Wildman–Crippen MR) is 318 cm³/mol.